The van der Waals surface area contributed by atoms with E-state index in [2.05, 4.69) is 71.7 Å². The fraction of sp³-hybridized carbons (Fsp3) is 0.214. The van der Waals surface area contributed by atoms with Gasteiger partial charge in [0.15, 0.2) is 5.11 Å². The first-order valence-electron chi connectivity index (χ1n) is 11.4. The van der Waals surface area contributed by atoms with Crippen molar-refractivity contribution in [3.63, 3.8) is 0 Å². The lowest BCUT2D eigenvalue weighted by atomic mass is 9.96. The first-order chi connectivity index (χ1) is 16.3. The fourth-order valence-electron chi connectivity index (χ4n) is 5.14. The Labute approximate surface area is 205 Å². The minimum atomic E-state index is -0.251. The molecule has 2 aromatic carbocycles. The molecule has 172 valence electrons. The lowest BCUT2D eigenvalue weighted by Gasteiger charge is -2.29. The molecular formula is C28H27FN4S. The summed E-state index contributed by atoms with van der Waals surface area (Å²) in [7, 11) is 0. The van der Waals surface area contributed by atoms with E-state index in [1.54, 1.807) is 12.1 Å². The second-order valence-corrected chi connectivity index (χ2v) is 9.37. The molecule has 34 heavy (non-hydrogen) atoms. The van der Waals surface area contributed by atoms with Crippen molar-refractivity contribution in [1.29, 1.82) is 0 Å². The van der Waals surface area contributed by atoms with Gasteiger partial charge in [0.05, 0.1) is 17.8 Å². The second-order valence-electron chi connectivity index (χ2n) is 8.98. The highest BCUT2D eigenvalue weighted by Gasteiger charge is 2.42. The van der Waals surface area contributed by atoms with Crippen LogP contribution in [0.2, 0.25) is 0 Å². The zero-order valence-corrected chi connectivity index (χ0v) is 20.5. The first kappa shape index (κ1) is 22.3. The summed E-state index contributed by atoms with van der Waals surface area (Å²) in [5.74, 6) is -0.251. The lowest BCUT2D eigenvalue weighted by Crippen LogP contribution is -2.29. The molecule has 5 rings (SSSR count). The highest BCUT2D eigenvalue weighted by molar-refractivity contribution is 7.80. The number of hydrogen-bond donors (Lipinski definition) is 1. The maximum Gasteiger partial charge on any atom is 0.174 e. The van der Waals surface area contributed by atoms with Gasteiger partial charge in [-0.05, 0) is 105 Å². The molecular weight excluding hydrogens is 443 g/mol. The van der Waals surface area contributed by atoms with Gasteiger partial charge in [0.25, 0.3) is 0 Å². The summed E-state index contributed by atoms with van der Waals surface area (Å²) < 4.78 is 16.2. The van der Waals surface area contributed by atoms with Crippen LogP contribution in [-0.2, 0) is 0 Å². The van der Waals surface area contributed by atoms with E-state index in [4.69, 9.17) is 12.2 Å². The van der Waals surface area contributed by atoms with Gasteiger partial charge < -0.3 is 14.8 Å². The molecule has 0 saturated carbocycles. The number of anilines is 1. The fourth-order valence-corrected chi connectivity index (χ4v) is 5.48. The van der Waals surface area contributed by atoms with Crippen LogP contribution in [0.25, 0.3) is 5.69 Å². The highest BCUT2D eigenvalue weighted by atomic mass is 32.1. The summed E-state index contributed by atoms with van der Waals surface area (Å²) in [6.45, 7) is 8.34. The van der Waals surface area contributed by atoms with Crippen molar-refractivity contribution in [1.82, 2.24) is 14.9 Å². The van der Waals surface area contributed by atoms with Crippen molar-refractivity contribution in [2.75, 3.05) is 4.90 Å². The van der Waals surface area contributed by atoms with Crippen molar-refractivity contribution in [2.24, 2.45) is 0 Å². The van der Waals surface area contributed by atoms with E-state index in [9.17, 15) is 4.39 Å². The van der Waals surface area contributed by atoms with E-state index in [0.29, 0.717) is 5.11 Å². The minimum Gasteiger partial charge on any atom is -0.351 e. The van der Waals surface area contributed by atoms with Crippen molar-refractivity contribution in [3.8, 4) is 5.69 Å². The van der Waals surface area contributed by atoms with Gasteiger partial charge in [-0.1, -0.05) is 18.2 Å². The average Bonchev–Trinajstić information content (AvgIpc) is 3.29. The molecule has 4 nitrogen and oxygen atoms in total. The number of aromatic nitrogens is 2. The van der Waals surface area contributed by atoms with Gasteiger partial charge in [-0.25, -0.2) is 4.39 Å². The average molecular weight is 471 g/mol. The molecule has 6 heteroatoms. The van der Waals surface area contributed by atoms with E-state index in [0.717, 1.165) is 34.0 Å². The Morgan fingerprint density at radius 1 is 0.882 bits per heavy atom. The Morgan fingerprint density at radius 3 is 2.32 bits per heavy atom. The van der Waals surface area contributed by atoms with E-state index < -0.39 is 0 Å². The topological polar surface area (TPSA) is 33.1 Å². The van der Waals surface area contributed by atoms with Crippen LogP contribution >= 0.6 is 12.2 Å². The normalized spacial score (nSPS) is 17.8. The quantitative estimate of drug-likeness (QED) is 0.349. The number of pyridine rings is 1. The Balaban J connectivity index is 1.70. The number of rotatable bonds is 4. The SMILES string of the molecule is Cc1cc(C)cc(N2C(=S)N[C@@H](c3ccccn3)[C@@H]2c2cc(C)n(-c3cccc(F)c3)c2C)c1. The van der Waals surface area contributed by atoms with Gasteiger partial charge in [0, 0.05) is 29.0 Å². The first-order valence-corrected chi connectivity index (χ1v) is 11.8. The van der Waals surface area contributed by atoms with Gasteiger partial charge in [0.1, 0.15) is 5.82 Å². The molecule has 4 aromatic rings. The van der Waals surface area contributed by atoms with Crippen molar-refractivity contribution >= 4 is 23.0 Å². The minimum absolute atomic E-state index is 0.114. The van der Waals surface area contributed by atoms with E-state index in [1.807, 2.05) is 30.5 Å². The second kappa shape index (κ2) is 8.69. The predicted octanol–water partition coefficient (Wildman–Crippen LogP) is 6.42. The third-order valence-electron chi connectivity index (χ3n) is 6.44. The number of halogens is 1. The van der Waals surface area contributed by atoms with Crippen LogP contribution in [0.4, 0.5) is 10.1 Å². The molecule has 2 atom stereocenters. The smallest absolute Gasteiger partial charge is 0.174 e. The van der Waals surface area contributed by atoms with Crippen LogP contribution in [0, 0.1) is 33.5 Å². The highest BCUT2D eigenvalue weighted by Crippen LogP contribution is 2.44. The van der Waals surface area contributed by atoms with Gasteiger partial charge in [-0.3, -0.25) is 4.98 Å². The van der Waals surface area contributed by atoms with Gasteiger partial charge in [-0.15, -0.1) is 0 Å². The van der Waals surface area contributed by atoms with Gasteiger partial charge >= 0.3 is 0 Å². The van der Waals surface area contributed by atoms with E-state index >= 15 is 0 Å². The van der Waals surface area contributed by atoms with E-state index in [-0.39, 0.29) is 17.9 Å². The standard InChI is InChI=1S/C28H27FN4S/c1-17-12-18(2)14-23(13-17)33-27(26(31-28(33)34)25-10-5-6-11-30-25)24-15-19(3)32(20(24)4)22-9-7-8-21(29)16-22/h5-16,26-27H,1-4H3,(H,31,34)/t26-,27-/m0/s1. The van der Waals surface area contributed by atoms with Crippen LogP contribution in [0.3, 0.4) is 0 Å². The summed E-state index contributed by atoms with van der Waals surface area (Å²) in [6, 6.07) is 21.1. The molecule has 0 radical (unpaired) electrons. The number of aryl methyl sites for hydroxylation is 3. The lowest BCUT2D eigenvalue weighted by molar-refractivity contribution is 0.565. The number of hydrogen-bond acceptors (Lipinski definition) is 2. The molecule has 1 saturated heterocycles. The predicted molar refractivity (Wildman–Crippen MR) is 139 cm³/mol. The zero-order chi connectivity index (χ0) is 24.0. The Morgan fingerprint density at radius 2 is 1.65 bits per heavy atom. The number of nitrogens with one attached hydrogen (secondary N) is 1. The Hall–Kier alpha value is -3.51. The molecule has 3 heterocycles. The largest absolute Gasteiger partial charge is 0.351 e. The summed E-state index contributed by atoms with van der Waals surface area (Å²) in [4.78, 5) is 6.86. The van der Waals surface area contributed by atoms with Crippen molar-refractivity contribution in [3.05, 3.63) is 113 Å². The van der Waals surface area contributed by atoms with Gasteiger partial charge in [0.2, 0.25) is 0 Å². The van der Waals surface area contributed by atoms with Crippen LogP contribution in [-0.4, -0.2) is 14.7 Å². The maximum absolute atomic E-state index is 14.1. The summed E-state index contributed by atoms with van der Waals surface area (Å²) in [5, 5.41) is 4.20. The molecule has 1 fully saturated rings. The molecule has 0 bridgehead atoms. The van der Waals surface area contributed by atoms with Crippen LogP contribution in [0.1, 0.15) is 45.9 Å². The molecule has 0 spiro atoms. The number of nitrogens with zero attached hydrogens (tertiary/aromatic N) is 3. The van der Waals surface area contributed by atoms with Crippen LogP contribution < -0.4 is 10.2 Å². The summed E-state index contributed by atoms with van der Waals surface area (Å²) in [5.41, 5.74) is 8.37. The third-order valence-corrected chi connectivity index (χ3v) is 6.75. The van der Waals surface area contributed by atoms with Crippen molar-refractivity contribution in [2.45, 2.75) is 39.8 Å². The monoisotopic (exact) mass is 470 g/mol. The zero-order valence-electron chi connectivity index (χ0n) is 19.7. The van der Waals surface area contributed by atoms with E-state index in [1.165, 1.54) is 17.2 Å². The molecule has 1 aliphatic rings. The molecule has 0 unspecified atom stereocenters. The van der Waals surface area contributed by atoms with Crippen LogP contribution in [0.15, 0.2) is 72.9 Å². The summed E-state index contributed by atoms with van der Waals surface area (Å²) >= 11 is 5.89. The maximum atomic E-state index is 14.1. The van der Waals surface area contributed by atoms with Crippen molar-refractivity contribution < 1.29 is 4.39 Å². The molecule has 0 amide bonds. The number of thiocarbonyl (C=S) groups is 1. The number of benzene rings is 2. The molecule has 2 aromatic heterocycles. The Kier molecular flexibility index (Phi) is 5.70. The third kappa shape index (κ3) is 3.88. The Bertz CT molecular complexity index is 1360. The summed E-state index contributed by atoms with van der Waals surface area (Å²) in [6.07, 6.45) is 1.81. The molecule has 0 aliphatic carbocycles. The molecule has 1 aliphatic heterocycles. The van der Waals surface area contributed by atoms with Gasteiger partial charge in [-0.2, -0.15) is 0 Å². The van der Waals surface area contributed by atoms with Crippen LogP contribution in [0.5, 0.6) is 0 Å². The molecule has 1 N–H and O–H groups in total.